The van der Waals surface area contributed by atoms with Crippen molar-refractivity contribution in [3.63, 3.8) is 0 Å². The molecule has 4 heterocycles. The summed E-state index contributed by atoms with van der Waals surface area (Å²) in [5.41, 5.74) is 2.45. The Morgan fingerprint density at radius 3 is 2.54 bits per heavy atom. The average molecular weight is 537 g/mol. The van der Waals surface area contributed by atoms with Gasteiger partial charge in [0.25, 0.3) is 10.0 Å². The molecule has 190 valence electrons. The minimum absolute atomic E-state index is 0.138. The van der Waals surface area contributed by atoms with Gasteiger partial charge >= 0.3 is 0 Å². The molecule has 6 rings (SSSR count). The first-order valence-corrected chi connectivity index (χ1v) is 14.4. The fourth-order valence-corrected chi connectivity index (χ4v) is 7.04. The summed E-state index contributed by atoms with van der Waals surface area (Å²) >= 11 is 1.67. The van der Waals surface area contributed by atoms with Crippen LogP contribution < -0.4 is 4.90 Å². The van der Waals surface area contributed by atoms with Crippen LogP contribution in [0.25, 0.3) is 32.5 Å². The van der Waals surface area contributed by atoms with E-state index in [2.05, 4.69) is 17.9 Å². The maximum absolute atomic E-state index is 15.0. The lowest BCUT2D eigenvalue weighted by molar-refractivity contribution is 0.122. The molecule has 3 aromatic heterocycles. The molecule has 0 aliphatic carbocycles. The van der Waals surface area contributed by atoms with E-state index in [1.807, 2.05) is 6.92 Å². The van der Waals surface area contributed by atoms with Crippen LogP contribution in [-0.2, 0) is 21.2 Å². The summed E-state index contributed by atoms with van der Waals surface area (Å²) in [6.07, 6.45) is 2.34. The van der Waals surface area contributed by atoms with Crippen molar-refractivity contribution in [2.75, 3.05) is 31.2 Å². The van der Waals surface area contributed by atoms with Crippen molar-refractivity contribution in [2.24, 2.45) is 0 Å². The number of fused-ring (bicyclic) bond motifs is 2. The van der Waals surface area contributed by atoms with Crippen LogP contribution in [-0.4, -0.2) is 48.7 Å². The van der Waals surface area contributed by atoms with Crippen molar-refractivity contribution in [1.29, 1.82) is 0 Å². The molecule has 1 saturated heterocycles. The Morgan fingerprint density at radius 1 is 1.05 bits per heavy atom. The fourth-order valence-electron chi connectivity index (χ4n) is 4.65. The van der Waals surface area contributed by atoms with Gasteiger partial charge in [0.2, 0.25) is 0 Å². The molecule has 0 saturated carbocycles. The van der Waals surface area contributed by atoms with Crippen LogP contribution in [0.5, 0.6) is 0 Å². The molecule has 0 bridgehead atoms. The molecule has 5 aromatic rings. The number of ether oxygens (including phenoxy) is 1. The molecule has 0 N–H and O–H groups in total. The Hall–Kier alpha value is -3.34. The van der Waals surface area contributed by atoms with Crippen molar-refractivity contribution in [3.05, 3.63) is 71.0 Å². The number of hydrogen-bond donors (Lipinski definition) is 0. The average Bonchev–Trinajstić information content (AvgIpc) is 3.53. The second kappa shape index (κ2) is 9.20. The van der Waals surface area contributed by atoms with E-state index in [-0.39, 0.29) is 10.4 Å². The smallest absolute Gasteiger partial charge is 0.268 e. The van der Waals surface area contributed by atoms with Crippen molar-refractivity contribution in [2.45, 2.75) is 25.2 Å². The van der Waals surface area contributed by atoms with Gasteiger partial charge in [-0.05, 0) is 49.7 Å². The summed E-state index contributed by atoms with van der Waals surface area (Å²) in [6.45, 7) is 6.61. The number of thiophene rings is 1. The maximum Gasteiger partial charge on any atom is 0.268 e. The lowest BCUT2D eigenvalue weighted by atomic mass is 10.1. The lowest BCUT2D eigenvalue weighted by Crippen LogP contribution is -2.36. The number of hydrogen-bond acceptors (Lipinski definition) is 7. The SMILES string of the molecule is CCc1cc2nc(-c3cc(F)cc4c3ccn4S(=O)(=O)c3ccc(C)cc3)nc(N3CCOCC3)c2s1. The van der Waals surface area contributed by atoms with Crippen LogP contribution in [0.3, 0.4) is 0 Å². The zero-order chi connectivity index (χ0) is 25.7. The van der Waals surface area contributed by atoms with Gasteiger partial charge in [-0.25, -0.2) is 26.7 Å². The molecule has 1 aliphatic heterocycles. The van der Waals surface area contributed by atoms with Crippen LogP contribution in [0.15, 0.2) is 59.6 Å². The molecule has 2 aromatic carbocycles. The summed E-state index contributed by atoms with van der Waals surface area (Å²) in [6, 6.07) is 13.0. The summed E-state index contributed by atoms with van der Waals surface area (Å²) in [7, 11) is -3.93. The van der Waals surface area contributed by atoms with E-state index in [0.717, 1.165) is 32.0 Å². The second-order valence-corrected chi connectivity index (χ2v) is 12.0. The zero-order valence-corrected chi connectivity index (χ0v) is 22.1. The van der Waals surface area contributed by atoms with E-state index in [4.69, 9.17) is 14.7 Å². The van der Waals surface area contributed by atoms with Crippen molar-refractivity contribution in [1.82, 2.24) is 13.9 Å². The van der Waals surface area contributed by atoms with E-state index < -0.39 is 15.8 Å². The molecule has 1 fully saturated rings. The van der Waals surface area contributed by atoms with Gasteiger partial charge in [0.15, 0.2) is 11.6 Å². The highest BCUT2D eigenvalue weighted by Crippen LogP contribution is 2.37. The normalized spacial score (nSPS) is 14.6. The van der Waals surface area contributed by atoms with Gasteiger partial charge in [0.05, 0.1) is 33.8 Å². The highest BCUT2D eigenvalue weighted by molar-refractivity contribution is 7.90. The molecule has 0 atom stereocenters. The first kappa shape index (κ1) is 24.0. The minimum atomic E-state index is -3.93. The number of benzene rings is 2. The zero-order valence-electron chi connectivity index (χ0n) is 20.4. The lowest BCUT2D eigenvalue weighted by Gasteiger charge is -2.28. The van der Waals surface area contributed by atoms with Gasteiger partial charge in [-0.15, -0.1) is 11.3 Å². The second-order valence-electron chi connectivity index (χ2n) is 9.07. The Balaban J connectivity index is 1.55. The topological polar surface area (TPSA) is 77.3 Å². The third-order valence-corrected chi connectivity index (χ3v) is 9.59. The third kappa shape index (κ3) is 4.18. The third-order valence-electron chi connectivity index (χ3n) is 6.62. The van der Waals surface area contributed by atoms with Crippen molar-refractivity contribution >= 4 is 48.3 Å². The Kier molecular flexibility index (Phi) is 5.97. The number of morpholine rings is 1. The van der Waals surface area contributed by atoms with Gasteiger partial charge < -0.3 is 9.64 Å². The molecular weight excluding hydrogens is 511 g/mol. The van der Waals surface area contributed by atoms with E-state index in [1.54, 1.807) is 41.7 Å². The molecular formula is C27H25FN4O3S2. The predicted molar refractivity (Wildman–Crippen MR) is 144 cm³/mol. The number of rotatable bonds is 5. The molecule has 0 spiro atoms. The molecule has 0 amide bonds. The molecule has 7 nitrogen and oxygen atoms in total. The van der Waals surface area contributed by atoms with Gasteiger partial charge in [0, 0.05) is 35.1 Å². The summed E-state index contributed by atoms with van der Waals surface area (Å²) in [5, 5.41) is 0.565. The van der Waals surface area contributed by atoms with Crippen LogP contribution >= 0.6 is 11.3 Å². The highest BCUT2D eigenvalue weighted by Gasteiger charge is 2.24. The summed E-state index contributed by atoms with van der Waals surface area (Å²) < 4.78 is 49.6. The number of nitrogens with zero attached hydrogens (tertiary/aromatic N) is 4. The largest absolute Gasteiger partial charge is 0.378 e. The van der Waals surface area contributed by atoms with Gasteiger partial charge in [0.1, 0.15) is 5.82 Å². The van der Waals surface area contributed by atoms with Crippen LogP contribution in [0.1, 0.15) is 17.4 Å². The number of halogens is 1. The van der Waals surface area contributed by atoms with Gasteiger partial charge in [-0.3, -0.25) is 0 Å². The van der Waals surface area contributed by atoms with E-state index in [1.165, 1.54) is 23.2 Å². The van der Waals surface area contributed by atoms with Crippen LogP contribution in [0, 0.1) is 12.7 Å². The van der Waals surface area contributed by atoms with E-state index >= 15 is 4.39 Å². The molecule has 1 aliphatic rings. The quantitative estimate of drug-likeness (QED) is 0.300. The van der Waals surface area contributed by atoms with E-state index in [0.29, 0.717) is 43.1 Å². The summed E-state index contributed by atoms with van der Waals surface area (Å²) in [4.78, 5) is 13.2. The number of aryl methyl sites for hydroxylation is 2. The molecule has 0 unspecified atom stereocenters. The monoisotopic (exact) mass is 536 g/mol. The first-order chi connectivity index (χ1) is 17.8. The van der Waals surface area contributed by atoms with Gasteiger partial charge in [-0.1, -0.05) is 24.6 Å². The van der Waals surface area contributed by atoms with Crippen LogP contribution in [0.2, 0.25) is 0 Å². The maximum atomic E-state index is 15.0. The van der Waals surface area contributed by atoms with Gasteiger partial charge in [-0.2, -0.15) is 0 Å². The first-order valence-electron chi connectivity index (χ1n) is 12.1. The highest BCUT2D eigenvalue weighted by atomic mass is 32.2. The van der Waals surface area contributed by atoms with Crippen molar-refractivity contribution in [3.8, 4) is 11.4 Å². The van der Waals surface area contributed by atoms with E-state index in [9.17, 15) is 8.42 Å². The summed E-state index contributed by atoms with van der Waals surface area (Å²) in [5.74, 6) is 0.610. The van der Waals surface area contributed by atoms with Crippen molar-refractivity contribution < 1.29 is 17.5 Å². The standard InChI is InChI=1S/C27H25FN4O3S2/c1-3-19-16-23-25(36-19)27(31-10-12-35-13-11-31)30-26(29-23)22-14-18(28)15-24-21(22)8-9-32(24)37(33,34)20-6-4-17(2)5-7-20/h4-9,14-16H,3,10-13H2,1-2H3. The Morgan fingerprint density at radius 2 is 1.81 bits per heavy atom. The number of anilines is 1. The minimum Gasteiger partial charge on any atom is -0.378 e. The fraction of sp³-hybridized carbons (Fsp3) is 0.259. The molecule has 10 heteroatoms. The number of aromatic nitrogens is 3. The van der Waals surface area contributed by atoms with Crippen LogP contribution in [0.4, 0.5) is 10.2 Å². The Labute approximate surface area is 218 Å². The molecule has 0 radical (unpaired) electrons. The molecule has 37 heavy (non-hydrogen) atoms. The Bertz CT molecular complexity index is 1740. The predicted octanol–water partition coefficient (Wildman–Crippen LogP) is 5.40.